The van der Waals surface area contributed by atoms with Crippen LogP contribution in [0.5, 0.6) is 0 Å². The highest BCUT2D eigenvalue weighted by Crippen LogP contribution is 2.23. The molecule has 3 aromatic carbocycles. The van der Waals surface area contributed by atoms with Gasteiger partial charge in [-0.15, -0.1) is 0 Å². The molecule has 0 spiro atoms. The van der Waals surface area contributed by atoms with Crippen molar-refractivity contribution in [2.24, 2.45) is 4.99 Å². The quantitative estimate of drug-likeness (QED) is 0.367. The Morgan fingerprint density at radius 3 is 2.59 bits per heavy atom. The molecular formula is C30H30N4. The van der Waals surface area contributed by atoms with Crippen LogP contribution in [0, 0.1) is 0 Å². The van der Waals surface area contributed by atoms with Crippen molar-refractivity contribution >= 4 is 17.5 Å². The summed E-state index contributed by atoms with van der Waals surface area (Å²) < 4.78 is 2.25. The average Bonchev–Trinajstić information content (AvgIpc) is 3.25. The van der Waals surface area contributed by atoms with Crippen molar-refractivity contribution in [2.75, 3.05) is 25.0 Å². The number of aryl methyl sites for hydroxylation is 2. The van der Waals surface area contributed by atoms with Gasteiger partial charge in [-0.3, -0.25) is 4.99 Å². The number of anilines is 1. The minimum absolute atomic E-state index is 0.806. The fourth-order valence-electron chi connectivity index (χ4n) is 4.47. The third-order valence-corrected chi connectivity index (χ3v) is 6.33. The summed E-state index contributed by atoms with van der Waals surface area (Å²) in [6, 6.07) is 27.8. The molecule has 0 saturated carbocycles. The van der Waals surface area contributed by atoms with Crippen molar-refractivity contribution in [3.05, 3.63) is 125 Å². The van der Waals surface area contributed by atoms with E-state index in [1.807, 2.05) is 6.20 Å². The Balaban J connectivity index is 1.27. The van der Waals surface area contributed by atoms with Crippen molar-refractivity contribution in [1.82, 2.24) is 9.55 Å². The molecule has 170 valence electrons. The minimum Gasteiger partial charge on any atom is -0.372 e. The van der Waals surface area contributed by atoms with E-state index in [4.69, 9.17) is 4.99 Å². The molecule has 0 N–H and O–H groups in total. The second kappa shape index (κ2) is 10.3. The molecule has 0 bridgehead atoms. The van der Waals surface area contributed by atoms with Crippen molar-refractivity contribution in [1.29, 1.82) is 0 Å². The molecule has 1 aliphatic rings. The number of hydrogen-bond acceptors (Lipinski definition) is 3. The Labute approximate surface area is 201 Å². The summed E-state index contributed by atoms with van der Waals surface area (Å²) in [6.07, 6.45) is 10.2. The average molecular weight is 447 g/mol. The number of likely N-dealkylation sites (N-methyl/N-ethyl adjacent to an activating group) is 1. The first kappa shape index (κ1) is 21.9. The van der Waals surface area contributed by atoms with E-state index in [2.05, 4.69) is 119 Å². The van der Waals surface area contributed by atoms with Gasteiger partial charge in [-0.05, 0) is 35.3 Å². The maximum Gasteiger partial charge on any atom is 0.109 e. The summed E-state index contributed by atoms with van der Waals surface area (Å²) in [7, 11) is 2.13. The number of allylic oxidation sites excluding steroid dienone is 1. The second-order valence-corrected chi connectivity index (χ2v) is 8.74. The molecule has 0 unspecified atom stereocenters. The first-order chi connectivity index (χ1) is 16.8. The molecule has 1 aliphatic heterocycles. The summed E-state index contributed by atoms with van der Waals surface area (Å²) in [6.45, 7) is 2.60. The minimum atomic E-state index is 0.806. The van der Waals surface area contributed by atoms with Gasteiger partial charge in [0.25, 0.3) is 0 Å². The molecule has 0 atom stereocenters. The highest BCUT2D eigenvalue weighted by molar-refractivity contribution is 6.14. The van der Waals surface area contributed by atoms with Crippen LogP contribution < -0.4 is 4.90 Å². The van der Waals surface area contributed by atoms with E-state index in [0.29, 0.717) is 0 Å². The Kier molecular flexibility index (Phi) is 6.66. The first-order valence-electron chi connectivity index (χ1n) is 11.9. The largest absolute Gasteiger partial charge is 0.372 e. The number of para-hydroxylation sites is 1. The Hall–Kier alpha value is -3.92. The summed E-state index contributed by atoms with van der Waals surface area (Å²) in [5.74, 6) is 1.12. The lowest BCUT2D eigenvalue weighted by molar-refractivity contribution is 0.712. The second-order valence-electron chi connectivity index (χ2n) is 8.74. The third-order valence-electron chi connectivity index (χ3n) is 6.33. The predicted octanol–water partition coefficient (Wildman–Crippen LogP) is 5.67. The lowest BCUT2D eigenvalue weighted by atomic mass is 10.0. The Bertz CT molecular complexity index is 1300. The van der Waals surface area contributed by atoms with Gasteiger partial charge in [-0.2, -0.15) is 0 Å². The molecule has 4 aromatic rings. The van der Waals surface area contributed by atoms with Gasteiger partial charge in [-0.25, -0.2) is 4.98 Å². The zero-order valence-corrected chi connectivity index (χ0v) is 19.6. The molecule has 34 heavy (non-hydrogen) atoms. The van der Waals surface area contributed by atoms with Crippen LogP contribution in [0.15, 0.2) is 102 Å². The normalized spacial score (nSPS) is 13.6. The molecule has 1 aromatic heterocycles. The monoisotopic (exact) mass is 446 g/mol. The van der Waals surface area contributed by atoms with Crippen molar-refractivity contribution in [3.63, 3.8) is 0 Å². The van der Waals surface area contributed by atoms with Gasteiger partial charge in [0.1, 0.15) is 5.82 Å². The van der Waals surface area contributed by atoms with E-state index in [0.717, 1.165) is 44.0 Å². The number of aromatic nitrogens is 2. The van der Waals surface area contributed by atoms with E-state index in [9.17, 15) is 0 Å². The third kappa shape index (κ3) is 5.18. The van der Waals surface area contributed by atoms with Crippen LogP contribution in [0.2, 0.25) is 0 Å². The van der Waals surface area contributed by atoms with Crippen molar-refractivity contribution < 1.29 is 0 Å². The molecule has 4 heteroatoms. The standard InChI is InChI=1S/C30H30N4/c1-33-20-18-31-28(27-12-5-6-13-29(27)33)16-14-24-10-7-11-25(22-24)15-17-30-32-19-21-34(30)23-26-8-3-2-4-9-26/h2-14,16,19,21-22H,15,17-18,20,23H2,1H3. The summed E-state index contributed by atoms with van der Waals surface area (Å²) in [5.41, 5.74) is 7.29. The van der Waals surface area contributed by atoms with Crippen LogP contribution in [0.25, 0.3) is 6.08 Å². The van der Waals surface area contributed by atoms with E-state index >= 15 is 0 Å². The molecule has 5 rings (SSSR count). The zero-order valence-electron chi connectivity index (χ0n) is 19.6. The van der Waals surface area contributed by atoms with Gasteiger partial charge in [0.2, 0.25) is 0 Å². The summed E-state index contributed by atoms with van der Waals surface area (Å²) in [5, 5.41) is 0. The van der Waals surface area contributed by atoms with Crippen molar-refractivity contribution in [2.45, 2.75) is 19.4 Å². The number of nitrogens with zero attached hydrogens (tertiary/aromatic N) is 4. The highest BCUT2D eigenvalue weighted by atomic mass is 15.1. The lowest BCUT2D eigenvalue weighted by Gasteiger charge is -2.18. The number of benzene rings is 3. The maximum atomic E-state index is 4.84. The van der Waals surface area contributed by atoms with Crippen LogP contribution in [-0.4, -0.2) is 35.4 Å². The predicted molar refractivity (Wildman–Crippen MR) is 142 cm³/mol. The Morgan fingerprint density at radius 1 is 0.853 bits per heavy atom. The number of hydrogen-bond donors (Lipinski definition) is 0. The fraction of sp³-hybridized carbons (Fsp3) is 0.200. The molecule has 0 fully saturated rings. The van der Waals surface area contributed by atoms with Crippen LogP contribution in [0.4, 0.5) is 5.69 Å². The van der Waals surface area contributed by atoms with Crippen LogP contribution >= 0.6 is 0 Å². The van der Waals surface area contributed by atoms with Gasteiger partial charge in [0, 0.05) is 50.2 Å². The molecule has 2 heterocycles. The van der Waals surface area contributed by atoms with E-state index in [1.54, 1.807) is 0 Å². The molecule has 0 radical (unpaired) electrons. The fourth-order valence-corrected chi connectivity index (χ4v) is 4.47. The van der Waals surface area contributed by atoms with Gasteiger partial charge in [0.15, 0.2) is 0 Å². The molecule has 0 saturated heterocycles. The number of fused-ring (bicyclic) bond motifs is 1. The van der Waals surface area contributed by atoms with E-state index < -0.39 is 0 Å². The van der Waals surface area contributed by atoms with Crippen molar-refractivity contribution in [3.8, 4) is 0 Å². The zero-order chi connectivity index (χ0) is 23.2. The lowest BCUT2D eigenvalue weighted by Crippen LogP contribution is -2.20. The van der Waals surface area contributed by atoms with E-state index in [1.165, 1.54) is 27.9 Å². The summed E-state index contributed by atoms with van der Waals surface area (Å²) >= 11 is 0. The Morgan fingerprint density at radius 2 is 1.68 bits per heavy atom. The molecule has 0 amide bonds. The van der Waals surface area contributed by atoms with Gasteiger partial charge >= 0.3 is 0 Å². The maximum absolute atomic E-state index is 4.84. The topological polar surface area (TPSA) is 33.4 Å². The highest BCUT2D eigenvalue weighted by Gasteiger charge is 2.13. The number of imidazole rings is 1. The first-order valence-corrected chi connectivity index (χ1v) is 11.9. The number of benzodiazepines with no additional fused rings is 1. The SMILES string of the molecule is CN1CCN=C(C=Cc2cccc(CCc3nccn3Cc3ccccc3)c2)c2ccccc21. The van der Waals surface area contributed by atoms with Crippen LogP contribution in [-0.2, 0) is 19.4 Å². The van der Waals surface area contributed by atoms with Crippen LogP contribution in [0.1, 0.15) is 28.1 Å². The van der Waals surface area contributed by atoms with Gasteiger partial charge in [0.05, 0.1) is 12.3 Å². The van der Waals surface area contributed by atoms with Crippen LogP contribution in [0.3, 0.4) is 0 Å². The number of aliphatic imine (C=N–C) groups is 1. The molecular weight excluding hydrogens is 416 g/mol. The van der Waals surface area contributed by atoms with Gasteiger partial charge in [-0.1, -0.05) is 78.9 Å². The van der Waals surface area contributed by atoms with Gasteiger partial charge < -0.3 is 9.47 Å². The molecule has 4 nitrogen and oxygen atoms in total. The van der Waals surface area contributed by atoms with E-state index in [-0.39, 0.29) is 0 Å². The summed E-state index contributed by atoms with van der Waals surface area (Å²) in [4.78, 5) is 11.7. The number of rotatable bonds is 7. The smallest absolute Gasteiger partial charge is 0.109 e. The molecule has 0 aliphatic carbocycles.